The van der Waals surface area contributed by atoms with E-state index in [9.17, 15) is 14.4 Å². The van der Waals surface area contributed by atoms with E-state index < -0.39 is 5.41 Å². The number of ketones is 2. The van der Waals surface area contributed by atoms with Crippen molar-refractivity contribution in [2.45, 2.75) is 58.3 Å². The normalized spacial score (nSPS) is 37.1. The zero-order valence-corrected chi connectivity index (χ0v) is 13.7. The molecule has 2 bridgehead atoms. The maximum Gasteiger partial charge on any atom is 0.302 e. The Morgan fingerprint density at radius 3 is 2.48 bits per heavy atom. The summed E-state index contributed by atoms with van der Waals surface area (Å²) in [7, 11) is 0. The summed E-state index contributed by atoms with van der Waals surface area (Å²) in [5.74, 6) is -0.883. The number of hydrogen-bond donors (Lipinski definition) is 0. The molecule has 0 aromatic carbocycles. The molecule has 4 atom stereocenters. The molecule has 3 saturated carbocycles. The highest BCUT2D eigenvalue weighted by molar-refractivity contribution is 6.08. The first-order valence-electron chi connectivity index (χ1n) is 8.41. The van der Waals surface area contributed by atoms with Gasteiger partial charge in [-0.3, -0.25) is 14.4 Å². The topological polar surface area (TPSA) is 78.9 Å². The fourth-order valence-corrected chi connectivity index (χ4v) is 4.64. The molecule has 128 valence electrons. The molecule has 3 aliphatic carbocycles. The molecule has 0 aromatic rings. The predicted molar refractivity (Wildman–Crippen MR) is 79.4 cm³/mol. The van der Waals surface area contributed by atoms with E-state index in [1.807, 2.05) is 0 Å². The van der Waals surface area contributed by atoms with Gasteiger partial charge in [-0.2, -0.15) is 0 Å². The number of hydrogen-bond acceptors (Lipinski definition) is 6. The van der Waals surface area contributed by atoms with Crippen LogP contribution in [0.25, 0.3) is 0 Å². The van der Waals surface area contributed by atoms with Crippen molar-refractivity contribution in [1.29, 1.82) is 0 Å². The maximum absolute atomic E-state index is 13.1. The van der Waals surface area contributed by atoms with Gasteiger partial charge in [0.05, 0.1) is 24.5 Å². The fraction of sp³-hybridized carbons (Fsp3) is 0.824. The third-order valence-electron chi connectivity index (χ3n) is 5.68. The molecule has 0 spiro atoms. The van der Waals surface area contributed by atoms with Gasteiger partial charge in [0.25, 0.3) is 0 Å². The van der Waals surface area contributed by atoms with Gasteiger partial charge in [-0.1, -0.05) is 0 Å². The molecule has 6 heteroatoms. The highest BCUT2D eigenvalue weighted by atomic mass is 16.7. The summed E-state index contributed by atoms with van der Waals surface area (Å²) < 4.78 is 16.2. The van der Waals surface area contributed by atoms with Crippen LogP contribution < -0.4 is 0 Å². The summed E-state index contributed by atoms with van der Waals surface area (Å²) in [6, 6.07) is 0. The molecule has 1 aliphatic heterocycles. The van der Waals surface area contributed by atoms with Crippen LogP contribution >= 0.6 is 0 Å². The van der Waals surface area contributed by atoms with E-state index in [1.165, 1.54) is 13.8 Å². The average Bonchev–Trinajstić information content (AvgIpc) is 2.99. The van der Waals surface area contributed by atoms with E-state index in [0.717, 1.165) is 6.42 Å². The minimum atomic E-state index is -0.950. The molecule has 4 rings (SSSR count). The Hall–Kier alpha value is -1.27. The second-order valence-corrected chi connectivity index (χ2v) is 6.87. The lowest BCUT2D eigenvalue weighted by Gasteiger charge is -2.51. The monoisotopic (exact) mass is 324 g/mol. The van der Waals surface area contributed by atoms with E-state index in [4.69, 9.17) is 14.2 Å². The molecule has 1 heterocycles. The minimum absolute atomic E-state index is 0.0447. The quantitative estimate of drug-likeness (QED) is 0.565. The fourth-order valence-electron chi connectivity index (χ4n) is 4.64. The van der Waals surface area contributed by atoms with Crippen molar-refractivity contribution in [3.05, 3.63) is 0 Å². The Kier molecular flexibility index (Phi) is 4.56. The smallest absolute Gasteiger partial charge is 0.302 e. The predicted octanol–water partition coefficient (Wildman–Crippen LogP) is 1.65. The van der Waals surface area contributed by atoms with Gasteiger partial charge in [0, 0.05) is 6.92 Å². The molecule has 0 unspecified atom stereocenters. The van der Waals surface area contributed by atoms with Crippen LogP contribution in [0, 0.1) is 17.3 Å². The Balaban J connectivity index is 1.79. The van der Waals surface area contributed by atoms with Gasteiger partial charge in [0.1, 0.15) is 11.9 Å². The Labute approximate surface area is 135 Å². The van der Waals surface area contributed by atoms with Gasteiger partial charge < -0.3 is 14.2 Å². The first kappa shape index (κ1) is 16.6. The third-order valence-corrected chi connectivity index (χ3v) is 5.68. The molecule has 0 amide bonds. The first-order valence-corrected chi connectivity index (χ1v) is 8.41. The highest BCUT2D eigenvalue weighted by Gasteiger charge is 2.60. The molecule has 4 fully saturated rings. The molecular weight excluding hydrogens is 300 g/mol. The van der Waals surface area contributed by atoms with Crippen LogP contribution in [0.4, 0.5) is 0 Å². The van der Waals surface area contributed by atoms with E-state index in [2.05, 4.69) is 0 Å². The summed E-state index contributed by atoms with van der Waals surface area (Å²) in [5, 5.41) is 0. The van der Waals surface area contributed by atoms with Gasteiger partial charge in [0.2, 0.25) is 0 Å². The van der Waals surface area contributed by atoms with Crippen molar-refractivity contribution in [2.75, 3.05) is 13.2 Å². The highest BCUT2D eigenvalue weighted by Crippen LogP contribution is 2.54. The summed E-state index contributed by atoms with van der Waals surface area (Å²) in [6.45, 7) is 3.99. The lowest BCUT2D eigenvalue weighted by Crippen LogP contribution is -2.59. The summed E-state index contributed by atoms with van der Waals surface area (Å²) in [4.78, 5) is 36.8. The van der Waals surface area contributed by atoms with Crippen LogP contribution in [0.5, 0.6) is 0 Å². The van der Waals surface area contributed by atoms with Crippen molar-refractivity contribution >= 4 is 17.5 Å². The Morgan fingerprint density at radius 2 is 1.91 bits per heavy atom. The number of carbonyl (C=O) groups is 3. The molecule has 1 saturated heterocycles. The van der Waals surface area contributed by atoms with Crippen LogP contribution in [0.2, 0.25) is 0 Å². The van der Waals surface area contributed by atoms with Gasteiger partial charge >= 0.3 is 5.97 Å². The molecule has 0 N–H and O–H groups in total. The van der Waals surface area contributed by atoms with E-state index >= 15 is 0 Å². The number of fused-ring (bicyclic) bond motifs is 3. The lowest BCUT2D eigenvalue weighted by atomic mass is 9.51. The van der Waals surface area contributed by atoms with Crippen molar-refractivity contribution in [1.82, 2.24) is 0 Å². The lowest BCUT2D eigenvalue weighted by molar-refractivity contribution is -0.175. The summed E-state index contributed by atoms with van der Waals surface area (Å²) >= 11 is 0. The Morgan fingerprint density at radius 1 is 1.22 bits per heavy atom. The first-order chi connectivity index (χ1) is 10.9. The summed E-state index contributed by atoms with van der Waals surface area (Å²) in [5.41, 5.74) is -0.950. The average molecular weight is 324 g/mol. The van der Waals surface area contributed by atoms with Gasteiger partial charge in [0.15, 0.2) is 12.1 Å². The van der Waals surface area contributed by atoms with Crippen molar-refractivity contribution < 1.29 is 28.6 Å². The minimum Gasteiger partial charge on any atom is -0.462 e. The molecule has 0 aromatic heterocycles. The SMILES string of the molecule is CC(=O)O[C@H]1C[C@@H]2CC[C@H]1C(=O)[C@]2(CCC1OCCO1)C(C)=O. The zero-order valence-electron chi connectivity index (χ0n) is 13.7. The largest absolute Gasteiger partial charge is 0.462 e. The van der Waals surface area contributed by atoms with E-state index in [-0.39, 0.29) is 41.8 Å². The number of rotatable bonds is 5. The van der Waals surface area contributed by atoms with Crippen LogP contribution in [-0.4, -0.2) is 43.1 Å². The number of ether oxygens (including phenoxy) is 3. The number of Topliss-reactive ketones (excluding diaryl/α,β-unsaturated/α-hetero) is 2. The van der Waals surface area contributed by atoms with Gasteiger partial charge in [-0.05, 0) is 44.9 Å². The molecule has 4 aliphatic rings. The van der Waals surface area contributed by atoms with Crippen molar-refractivity contribution in [3.8, 4) is 0 Å². The third kappa shape index (κ3) is 2.83. The standard InChI is InChI=1S/C17H24O6/c1-10(18)17(6-5-15-21-7-8-22-15)12-3-4-13(16(17)20)14(9-12)23-11(2)19/h12-15H,3-9H2,1-2H3/t12-,13+,14-,17+/m0/s1. The second-order valence-electron chi connectivity index (χ2n) is 6.87. The van der Waals surface area contributed by atoms with Crippen LogP contribution in [-0.2, 0) is 28.6 Å². The number of esters is 1. The molecule has 6 nitrogen and oxygen atoms in total. The Bertz CT molecular complexity index is 509. The van der Waals surface area contributed by atoms with Crippen molar-refractivity contribution in [3.63, 3.8) is 0 Å². The molecule has 0 radical (unpaired) electrons. The van der Waals surface area contributed by atoms with Crippen LogP contribution in [0.1, 0.15) is 46.0 Å². The zero-order chi connectivity index (χ0) is 16.6. The van der Waals surface area contributed by atoms with Gasteiger partial charge in [-0.25, -0.2) is 0 Å². The summed E-state index contributed by atoms with van der Waals surface area (Å²) in [6.07, 6.45) is 2.45. The second kappa shape index (κ2) is 6.32. The maximum atomic E-state index is 13.1. The van der Waals surface area contributed by atoms with Crippen molar-refractivity contribution in [2.24, 2.45) is 17.3 Å². The molecule has 23 heavy (non-hydrogen) atoms. The van der Waals surface area contributed by atoms with Gasteiger partial charge in [-0.15, -0.1) is 0 Å². The van der Waals surface area contributed by atoms with Crippen LogP contribution in [0.3, 0.4) is 0 Å². The van der Waals surface area contributed by atoms with E-state index in [1.54, 1.807) is 0 Å². The molecular formula is C17H24O6. The van der Waals surface area contributed by atoms with Crippen LogP contribution in [0.15, 0.2) is 0 Å². The number of carbonyl (C=O) groups excluding carboxylic acids is 3. The van der Waals surface area contributed by atoms with E-state index in [0.29, 0.717) is 38.9 Å².